The third kappa shape index (κ3) is 2.64. The molecule has 76 valence electrons. The molecule has 0 fully saturated rings. The van der Waals surface area contributed by atoms with Gasteiger partial charge in [-0.3, -0.25) is 4.99 Å². The summed E-state index contributed by atoms with van der Waals surface area (Å²) in [5.41, 5.74) is 2.24. The minimum Gasteiger partial charge on any atom is -0.255 e. The minimum absolute atomic E-state index is 0.273. The first-order valence-corrected chi connectivity index (χ1v) is 5.33. The lowest BCUT2D eigenvalue weighted by atomic mass is 10.2. The van der Waals surface area contributed by atoms with Crippen molar-refractivity contribution in [2.45, 2.75) is 27.2 Å². The SMILES string of the molecule is CCC(C)=Nc1c(C)cc(Br)cc1F. The summed E-state index contributed by atoms with van der Waals surface area (Å²) in [5.74, 6) is -0.273. The Balaban J connectivity index is 3.21. The summed E-state index contributed by atoms with van der Waals surface area (Å²) >= 11 is 3.24. The van der Waals surface area contributed by atoms with Crippen molar-refractivity contribution in [1.29, 1.82) is 0 Å². The first kappa shape index (κ1) is 11.4. The molecule has 0 heterocycles. The Labute approximate surface area is 92.2 Å². The highest BCUT2D eigenvalue weighted by Gasteiger charge is 2.06. The summed E-state index contributed by atoms with van der Waals surface area (Å²) < 4.78 is 14.2. The summed E-state index contributed by atoms with van der Waals surface area (Å²) in [4.78, 5) is 4.24. The van der Waals surface area contributed by atoms with Crippen molar-refractivity contribution in [3.63, 3.8) is 0 Å². The molecule has 3 heteroatoms. The van der Waals surface area contributed by atoms with Crippen LogP contribution in [-0.2, 0) is 0 Å². The van der Waals surface area contributed by atoms with E-state index >= 15 is 0 Å². The lowest BCUT2D eigenvalue weighted by molar-refractivity contribution is 0.628. The summed E-state index contributed by atoms with van der Waals surface area (Å²) in [6.07, 6.45) is 0.842. The number of nitrogens with zero attached hydrogens (tertiary/aromatic N) is 1. The zero-order valence-electron chi connectivity index (χ0n) is 8.56. The highest BCUT2D eigenvalue weighted by molar-refractivity contribution is 9.10. The molecule has 0 N–H and O–H groups in total. The first-order chi connectivity index (χ1) is 6.54. The van der Waals surface area contributed by atoms with Crippen LogP contribution in [0.3, 0.4) is 0 Å². The number of aliphatic imine (C=N–C) groups is 1. The molecule has 0 saturated carbocycles. The monoisotopic (exact) mass is 257 g/mol. The highest BCUT2D eigenvalue weighted by Crippen LogP contribution is 2.27. The van der Waals surface area contributed by atoms with Gasteiger partial charge in [0.15, 0.2) is 0 Å². The lowest BCUT2D eigenvalue weighted by Gasteiger charge is -2.04. The maximum absolute atomic E-state index is 13.5. The van der Waals surface area contributed by atoms with Crippen molar-refractivity contribution in [2.24, 2.45) is 4.99 Å². The minimum atomic E-state index is -0.273. The van der Waals surface area contributed by atoms with Gasteiger partial charge < -0.3 is 0 Å². The van der Waals surface area contributed by atoms with Crippen molar-refractivity contribution >= 4 is 27.3 Å². The summed E-state index contributed by atoms with van der Waals surface area (Å²) in [7, 11) is 0. The Morgan fingerprint density at radius 1 is 1.50 bits per heavy atom. The predicted molar refractivity (Wildman–Crippen MR) is 61.9 cm³/mol. The van der Waals surface area contributed by atoms with E-state index in [4.69, 9.17) is 0 Å². The van der Waals surface area contributed by atoms with Gasteiger partial charge in [-0.2, -0.15) is 0 Å². The molecule has 0 aromatic heterocycles. The van der Waals surface area contributed by atoms with E-state index in [1.807, 2.05) is 26.8 Å². The van der Waals surface area contributed by atoms with Crippen molar-refractivity contribution in [1.82, 2.24) is 0 Å². The van der Waals surface area contributed by atoms with E-state index < -0.39 is 0 Å². The largest absolute Gasteiger partial charge is 0.255 e. The third-order valence-electron chi connectivity index (χ3n) is 2.03. The van der Waals surface area contributed by atoms with Gasteiger partial charge in [0.25, 0.3) is 0 Å². The van der Waals surface area contributed by atoms with Crippen LogP contribution >= 0.6 is 15.9 Å². The Morgan fingerprint density at radius 2 is 2.14 bits per heavy atom. The van der Waals surface area contributed by atoms with E-state index in [1.54, 1.807) is 0 Å². The number of rotatable bonds is 2. The van der Waals surface area contributed by atoms with E-state index in [2.05, 4.69) is 20.9 Å². The molecule has 0 aliphatic rings. The smallest absolute Gasteiger partial charge is 0.150 e. The first-order valence-electron chi connectivity index (χ1n) is 4.54. The van der Waals surface area contributed by atoms with Gasteiger partial charge >= 0.3 is 0 Å². The second-order valence-electron chi connectivity index (χ2n) is 3.25. The van der Waals surface area contributed by atoms with Gasteiger partial charge in [-0.05, 0) is 38.0 Å². The average molecular weight is 258 g/mol. The average Bonchev–Trinajstić information content (AvgIpc) is 2.10. The van der Waals surface area contributed by atoms with Gasteiger partial charge in [-0.25, -0.2) is 4.39 Å². The predicted octanol–water partition coefficient (Wildman–Crippen LogP) is 4.40. The van der Waals surface area contributed by atoms with Crippen molar-refractivity contribution in [2.75, 3.05) is 0 Å². The van der Waals surface area contributed by atoms with Gasteiger partial charge in [0.2, 0.25) is 0 Å². The van der Waals surface area contributed by atoms with Crippen LogP contribution in [0.5, 0.6) is 0 Å². The molecule has 1 aromatic carbocycles. The number of benzene rings is 1. The van der Waals surface area contributed by atoms with Gasteiger partial charge in [-0.15, -0.1) is 0 Å². The quantitative estimate of drug-likeness (QED) is 0.697. The van der Waals surface area contributed by atoms with E-state index in [0.29, 0.717) is 5.69 Å². The number of halogens is 2. The summed E-state index contributed by atoms with van der Waals surface area (Å²) in [5, 5.41) is 0. The molecular weight excluding hydrogens is 245 g/mol. The summed E-state index contributed by atoms with van der Waals surface area (Å²) in [6, 6.07) is 3.31. The van der Waals surface area contributed by atoms with Crippen LogP contribution in [0.4, 0.5) is 10.1 Å². The normalized spacial score (nSPS) is 11.9. The topological polar surface area (TPSA) is 12.4 Å². The Bertz CT molecular complexity index is 349. The molecule has 0 amide bonds. The standard InChI is InChI=1S/C11H13BrFN/c1-4-8(3)14-11-7(2)5-9(12)6-10(11)13/h5-6H,4H2,1-3H3. The number of aryl methyl sites for hydroxylation is 1. The van der Waals surface area contributed by atoms with Gasteiger partial charge in [0.1, 0.15) is 11.5 Å². The Morgan fingerprint density at radius 3 is 2.64 bits per heavy atom. The van der Waals surface area contributed by atoms with Crippen LogP contribution in [0.2, 0.25) is 0 Å². The molecule has 1 rings (SSSR count). The van der Waals surface area contributed by atoms with Crippen molar-refractivity contribution in [3.05, 3.63) is 28.0 Å². The molecule has 1 aromatic rings. The molecule has 0 unspecified atom stereocenters. The van der Waals surface area contributed by atoms with Crippen molar-refractivity contribution < 1.29 is 4.39 Å². The zero-order valence-corrected chi connectivity index (χ0v) is 10.2. The Kier molecular flexibility index (Phi) is 3.81. The third-order valence-corrected chi connectivity index (χ3v) is 2.49. The van der Waals surface area contributed by atoms with E-state index in [9.17, 15) is 4.39 Å². The number of hydrogen-bond acceptors (Lipinski definition) is 1. The van der Waals surface area contributed by atoms with Gasteiger partial charge in [0.05, 0.1) is 0 Å². The lowest BCUT2D eigenvalue weighted by Crippen LogP contribution is -1.89. The maximum atomic E-state index is 13.5. The van der Waals surface area contributed by atoms with E-state index in [-0.39, 0.29) is 5.82 Å². The van der Waals surface area contributed by atoms with Gasteiger partial charge in [-0.1, -0.05) is 22.9 Å². The van der Waals surface area contributed by atoms with Gasteiger partial charge in [0, 0.05) is 10.2 Å². The molecule has 0 bridgehead atoms. The molecule has 0 aliphatic heterocycles. The fourth-order valence-corrected chi connectivity index (χ4v) is 1.65. The molecule has 0 aliphatic carbocycles. The molecular formula is C11H13BrFN. The summed E-state index contributed by atoms with van der Waals surface area (Å²) in [6.45, 7) is 5.77. The molecule has 14 heavy (non-hydrogen) atoms. The second kappa shape index (κ2) is 4.69. The van der Waals surface area contributed by atoms with Crippen LogP contribution in [-0.4, -0.2) is 5.71 Å². The molecule has 0 saturated heterocycles. The molecule has 0 atom stereocenters. The number of hydrogen-bond donors (Lipinski definition) is 0. The van der Waals surface area contributed by atoms with E-state index in [1.165, 1.54) is 6.07 Å². The van der Waals surface area contributed by atoms with Crippen molar-refractivity contribution in [3.8, 4) is 0 Å². The molecule has 0 spiro atoms. The van der Waals surface area contributed by atoms with E-state index in [0.717, 1.165) is 22.2 Å². The fourth-order valence-electron chi connectivity index (χ4n) is 1.11. The second-order valence-corrected chi connectivity index (χ2v) is 4.17. The molecule has 0 radical (unpaired) electrons. The molecule has 1 nitrogen and oxygen atoms in total. The fraction of sp³-hybridized carbons (Fsp3) is 0.364. The van der Waals surface area contributed by atoms with Crippen LogP contribution in [0.15, 0.2) is 21.6 Å². The van der Waals surface area contributed by atoms with Crippen LogP contribution in [0.25, 0.3) is 0 Å². The van der Waals surface area contributed by atoms with Crippen LogP contribution < -0.4 is 0 Å². The highest BCUT2D eigenvalue weighted by atomic mass is 79.9. The maximum Gasteiger partial charge on any atom is 0.150 e. The zero-order chi connectivity index (χ0) is 10.7. The van der Waals surface area contributed by atoms with Crippen LogP contribution in [0.1, 0.15) is 25.8 Å². The Hall–Kier alpha value is -0.700. The van der Waals surface area contributed by atoms with Crippen LogP contribution in [0, 0.1) is 12.7 Å².